The van der Waals surface area contributed by atoms with E-state index in [9.17, 15) is 4.79 Å². The predicted octanol–water partition coefficient (Wildman–Crippen LogP) is 0.888. The molecule has 1 aliphatic rings. The molecule has 0 aromatic carbocycles. The lowest BCUT2D eigenvalue weighted by molar-refractivity contribution is -0.125. The highest BCUT2D eigenvalue weighted by molar-refractivity contribution is 7.99. The summed E-state index contributed by atoms with van der Waals surface area (Å²) in [7, 11) is 1.81. The molecule has 17 heavy (non-hydrogen) atoms. The Kier molecular flexibility index (Phi) is 3.73. The van der Waals surface area contributed by atoms with E-state index in [-0.39, 0.29) is 5.91 Å². The Morgan fingerprint density at radius 3 is 3.18 bits per heavy atom. The molecule has 1 amide bonds. The van der Waals surface area contributed by atoms with E-state index in [1.54, 1.807) is 18.0 Å². The normalized spacial score (nSPS) is 29.1. The maximum atomic E-state index is 11.6. The third-order valence-corrected chi connectivity index (χ3v) is 4.59. The van der Waals surface area contributed by atoms with Gasteiger partial charge in [-0.1, -0.05) is 11.8 Å². The molecule has 1 aromatic heterocycles. The molecule has 1 aliphatic carbocycles. The smallest absolute Gasteiger partial charge is 0.237 e. The van der Waals surface area contributed by atoms with Crippen LogP contribution in [0.2, 0.25) is 0 Å². The van der Waals surface area contributed by atoms with E-state index < -0.39 is 5.54 Å². The first-order chi connectivity index (χ1) is 8.16. The second-order valence-electron chi connectivity index (χ2n) is 4.43. The summed E-state index contributed by atoms with van der Waals surface area (Å²) in [6, 6.07) is 0. The highest BCUT2D eigenvalue weighted by Gasteiger charge is 2.40. The zero-order chi connectivity index (χ0) is 12.3. The van der Waals surface area contributed by atoms with Crippen molar-refractivity contribution in [2.24, 2.45) is 5.73 Å². The number of hydrogen-bond acceptors (Lipinski definition) is 4. The van der Waals surface area contributed by atoms with Gasteiger partial charge >= 0.3 is 0 Å². The summed E-state index contributed by atoms with van der Waals surface area (Å²) in [5, 5.41) is 4.40. The average molecular weight is 254 g/mol. The molecule has 1 fully saturated rings. The van der Waals surface area contributed by atoms with Crippen LogP contribution in [0.1, 0.15) is 25.7 Å². The lowest BCUT2D eigenvalue weighted by atomic mass is 9.81. The van der Waals surface area contributed by atoms with Crippen LogP contribution in [0.5, 0.6) is 0 Å². The van der Waals surface area contributed by atoms with E-state index in [1.165, 1.54) is 0 Å². The van der Waals surface area contributed by atoms with Crippen LogP contribution in [-0.2, 0) is 4.79 Å². The molecule has 0 saturated heterocycles. The number of aromatic nitrogens is 2. The van der Waals surface area contributed by atoms with Crippen LogP contribution in [0.3, 0.4) is 0 Å². The van der Waals surface area contributed by atoms with Gasteiger partial charge in [-0.25, -0.2) is 4.98 Å². The van der Waals surface area contributed by atoms with Crippen LogP contribution < -0.4 is 11.1 Å². The van der Waals surface area contributed by atoms with Gasteiger partial charge < -0.3 is 16.0 Å². The Hall–Kier alpha value is -1.01. The number of imidazole rings is 1. The molecule has 0 radical (unpaired) electrons. The molecule has 4 N–H and O–H groups in total. The number of hydrogen-bond donors (Lipinski definition) is 3. The fourth-order valence-corrected chi connectivity index (χ4v) is 3.60. The van der Waals surface area contributed by atoms with E-state index in [0.717, 1.165) is 30.8 Å². The quantitative estimate of drug-likeness (QED) is 0.745. The van der Waals surface area contributed by atoms with Gasteiger partial charge in [-0.15, -0.1) is 0 Å². The third-order valence-electron chi connectivity index (χ3n) is 3.41. The zero-order valence-corrected chi connectivity index (χ0v) is 10.7. The molecule has 94 valence electrons. The Morgan fingerprint density at radius 1 is 1.76 bits per heavy atom. The van der Waals surface area contributed by atoms with Gasteiger partial charge in [-0.3, -0.25) is 4.79 Å². The molecule has 2 unspecified atom stereocenters. The number of likely N-dealkylation sites (N-methyl/N-ethyl adjacent to an activating group) is 1. The van der Waals surface area contributed by atoms with Crippen molar-refractivity contribution >= 4 is 17.7 Å². The molecule has 5 nitrogen and oxygen atoms in total. The van der Waals surface area contributed by atoms with Gasteiger partial charge in [0.2, 0.25) is 5.91 Å². The van der Waals surface area contributed by atoms with Crippen LogP contribution in [0.4, 0.5) is 0 Å². The minimum absolute atomic E-state index is 0.246. The summed E-state index contributed by atoms with van der Waals surface area (Å²) < 4.78 is 0. The van der Waals surface area contributed by atoms with Crippen molar-refractivity contribution in [3.63, 3.8) is 0 Å². The number of H-pyrrole nitrogens is 1. The lowest BCUT2D eigenvalue weighted by Crippen LogP contribution is -2.57. The minimum atomic E-state index is -0.539. The molecule has 1 saturated carbocycles. The zero-order valence-electron chi connectivity index (χ0n) is 9.90. The van der Waals surface area contributed by atoms with Gasteiger partial charge in [0, 0.05) is 17.6 Å². The number of primary amides is 1. The third kappa shape index (κ3) is 2.63. The van der Waals surface area contributed by atoms with Crippen LogP contribution in [0.15, 0.2) is 17.6 Å². The fraction of sp³-hybridized carbons (Fsp3) is 0.636. The molecule has 0 aliphatic heterocycles. The van der Waals surface area contributed by atoms with E-state index in [4.69, 9.17) is 5.73 Å². The summed E-state index contributed by atoms with van der Waals surface area (Å²) in [4.78, 5) is 18.9. The molecule has 0 bridgehead atoms. The number of nitrogens with two attached hydrogens (primary N) is 1. The number of rotatable bonds is 4. The Balaban J connectivity index is 2.03. The molecule has 2 rings (SSSR count). The van der Waals surface area contributed by atoms with E-state index in [2.05, 4.69) is 15.3 Å². The number of nitrogens with one attached hydrogen (secondary N) is 2. The number of thioether (sulfide) groups is 1. The maximum absolute atomic E-state index is 11.6. The largest absolute Gasteiger partial charge is 0.368 e. The summed E-state index contributed by atoms with van der Waals surface area (Å²) in [5.74, 6) is -0.246. The van der Waals surface area contributed by atoms with Gasteiger partial charge in [0.1, 0.15) is 0 Å². The van der Waals surface area contributed by atoms with Crippen molar-refractivity contribution < 1.29 is 4.79 Å². The highest BCUT2D eigenvalue weighted by Crippen LogP contribution is 2.36. The number of carbonyl (C=O) groups excluding carboxylic acids is 1. The van der Waals surface area contributed by atoms with Crippen molar-refractivity contribution in [2.45, 2.75) is 41.6 Å². The van der Waals surface area contributed by atoms with Gasteiger partial charge in [0.25, 0.3) is 0 Å². The second-order valence-corrected chi connectivity index (χ2v) is 5.72. The first-order valence-corrected chi connectivity index (χ1v) is 6.69. The van der Waals surface area contributed by atoms with Crippen molar-refractivity contribution in [1.29, 1.82) is 0 Å². The van der Waals surface area contributed by atoms with Crippen molar-refractivity contribution in [3.05, 3.63) is 12.4 Å². The number of nitrogens with zero attached hydrogens (tertiary/aromatic N) is 1. The van der Waals surface area contributed by atoms with E-state index >= 15 is 0 Å². The summed E-state index contributed by atoms with van der Waals surface area (Å²) in [6.07, 6.45) is 7.26. The summed E-state index contributed by atoms with van der Waals surface area (Å²) in [5.41, 5.74) is 4.97. The standard InChI is InChI=1S/C11H18N4OS/c1-13-11(9(12)16)4-2-3-8(7-11)17-10-14-5-6-15-10/h5-6,8,13H,2-4,7H2,1H3,(H2,12,16)(H,14,15). The Bertz CT molecular complexity index is 381. The average Bonchev–Trinajstić information content (AvgIpc) is 2.82. The van der Waals surface area contributed by atoms with Crippen LogP contribution in [0, 0.1) is 0 Å². The van der Waals surface area contributed by atoms with Crippen molar-refractivity contribution in [3.8, 4) is 0 Å². The first kappa shape index (κ1) is 12.4. The first-order valence-electron chi connectivity index (χ1n) is 5.81. The maximum Gasteiger partial charge on any atom is 0.237 e. The summed E-state index contributed by atoms with van der Waals surface area (Å²) in [6.45, 7) is 0. The molecule has 1 heterocycles. The summed E-state index contributed by atoms with van der Waals surface area (Å²) >= 11 is 1.69. The molecule has 1 aromatic rings. The van der Waals surface area contributed by atoms with Gasteiger partial charge in [0.05, 0.1) is 5.54 Å². The van der Waals surface area contributed by atoms with Crippen LogP contribution in [-0.4, -0.2) is 33.7 Å². The lowest BCUT2D eigenvalue weighted by Gasteiger charge is -2.37. The topological polar surface area (TPSA) is 83.8 Å². The predicted molar refractivity (Wildman–Crippen MR) is 67.7 cm³/mol. The van der Waals surface area contributed by atoms with Gasteiger partial charge in [-0.05, 0) is 32.7 Å². The minimum Gasteiger partial charge on any atom is -0.368 e. The van der Waals surface area contributed by atoms with Gasteiger partial charge in [0.15, 0.2) is 5.16 Å². The molecule has 0 spiro atoms. The van der Waals surface area contributed by atoms with Crippen molar-refractivity contribution in [1.82, 2.24) is 15.3 Å². The highest BCUT2D eigenvalue weighted by atomic mass is 32.2. The molecular weight excluding hydrogens is 236 g/mol. The van der Waals surface area contributed by atoms with E-state index in [1.807, 2.05) is 13.2 Å². The fourth-order valence-electron chi connectivity index (χ4n) is 2.37. The van der Waals surface area contributed by atoms with Crippen LogP contribution in [0.25, 0.3) is 0 Å². The van der Waals surface area contributed by atoms with Crippen LogP contribution >= 0.6 is 11.8 Å². The van der Waals surface area contributed by atoms with Gasteiger partial charge in [-0.2, -0.15) is 0 Å². The molecule has 2 atom stereocenters. The second kappa shape index (κ2) is 5.10. The Morgan fingerprint density at radius 2 is 2.59 bits per heavy atom. The SMILES string of the molecule is CNC1(C(N)=O)CCCC(Sc2ncc[nH]2)C1. The number of aromatic amines is 1. The molecule has 6 heteroatoms. The van der Waals surface area contributed by atoms with Crippen molar-refractivity contribution in [2.75, 3.05) is 7.05 Å². The monoisotopic (exact) mass is 254 g/mol. The number of amides is 1. The number of carbonyl (C=O) groups is 1. The molecular formula is C11H18N4OS. The van der Waals surface area contributed by atoms with E-state index in [0.29, 0.717) is 5.25 Å². The Labute approximate surface area is 105 Å².